The quantitative estimate of drug-likeness (QED) is 0.0544. The number of carboxylic acids is 1. The summed E-state index contributed by atoms with van der Waals surface area (Å²) in [6.07, 6.45) is -7.50. The number of aliphatic hydroxyl groups is 4. The van der Waals surface area contributed by atoms with Gasteiger partial charge in [-0.05, 0) is 29.2 Å². The molecule has 1 heterocycles. The number of amides is 6. The fraction of sp³-hybridized carbons (Fsp3) is 0.514. The number of aliphatic carboxylic acids is 1. The lowest BCUT2D eigenvalue weighted by Gasteiger charge is -2.46. The van der Waals surface area contributed by atoms with Gasteiger partial charge >= 0.3 is 5.97 Å². The van der Waals surface area contributed by atoms with Gasteiger partial charge in [0.1, 0.15) is 18.3 Å². The Hall–Kier alpha value is -5.25. The van der Waals surface area contributed by atoms with Crippen molar-refractivity contribution in [2.75, 3.05) is 39.4 Å². The van der Waals surface area contributed by atoms with Gasteiger partial charge < -0.3 is 66.9 Å². The molecule has 20 nitrogen and oxygen atoms in total. The molecule has 3 rings (SSSR count). The second-order valence-electron chi connectivity index (χ2n) is 12.7. The van der Waals surface area contributed by atoms with Gasteiger partial charge in [0.25, 0.3) is 5.79 Å². The van der Waals surface area contributed by atoms with Crippen molar-refractivity contribution in [1.82, 2.24) is 31.9 Å². The van der Waals surface area contributed by atoms with Crippen molar-refractivity contribution in [2.24, 2.45) is 0 Å². The number of aliphatic hydroxyl groups excluding tert-OH is 4. The zero-order valence-electron chi connectivity index (χ0n) is 30.1. The Balaban J connectivity index is 1.29. The molecule has 0 aliphatic carbocycles. The minimum atomic E-state index is -2.50. The molecule has 1 saturated heterocycles. The minimum Gasteiger partial charge on any atom is -0.477 e. The highest BCUT2D eigenvalue weighted by molar-refractivity contribution is 5.91. The topological polar surface area (TPSA) is 311 Å². The normalized spacial score (nSPS) is 20.3. The summed E-state index contributed by atoms with van der Waals surface area (Å²) in [5, 5.41) is 66.5. The summed E-state index contributed by atoms with van der Waals surface area (Å²) < 4.78 is 11.0. The van der Waals surface area contributed by atoms with E-state index in [1.165, 1.54) is 0 Å². The first-order valence-corrected chi connectivity index (χ1v) is 17.4. The molecule has 0 bridgehead atoms. The van der Waals surface area contributed by atoms with Crippen LogP contribution >= 0.6 is 0 Å². The average molecular weight is 777 g/mol. The smallest absolute Gasteiger partial charge is 0.364 e. The van der Waals surface area contributed by atoms with Crippen LogP contribution in [0.5, 0.6) is 0 Å². The average Bonchev–Trinajstić information content (AvgIpc) is 3.16. The van der Waals surface area contributed by atoms with E-state index in [1.54, 1.807) is 0 Å². The number of rotatable bonds is 21. The zero-order valence-corrected chi connectivity index (χ0v) is 30.1. The maximum Gasteiger partial charge on any atom is 0.364 e. The Morgan fingerprint density at radius 1 is 0.818 bits per heavy atom. The highest BCUT2D eigenvalue weighted by Crippen LogP contribution is 2.33. The third kappa shape index (κ3) is 13.8. The highest BCUT2D eigenvalue weighted by Gasteiger charge is 2.55. The van der Waals surface area contributed by atoms with Crippen molar-refractivity contribution < 1.29 is 68.6 Å². The molecule has 2 aromatic carbocycles. The van der Waals surface area contributed by atoms with Gasteiger partial charge in [0, 0.05) is 26.3 Å². The second kappa shape index (κ2) is 21.6. The molecular weight excluding hydrogens is 728 g/mol. The lowest BCUT2D eigenvalue weighted by molar-refractivity contribution is -0.311. The summed E-state index contributed by atoms with van der Waals surface area (Å²) in [7, 11) is 0. The molecule has 0 saturated carbocycles. The summed E-state index contributed by atoms with van der Waals surface area (Å²) in [5.74, 6) is -7.80. The maximum atomic E-state index is 12.2. The van der Waals surface area contributed by atoms with Gasteiger partial charge in [-0.3, -0.25) is 28.8 Å². The standard InChI is InChI=1S/C35H48N6O14/c1-20(43)41-31-24(44)13-35(34(52)53,55-33(31)32(51)25(45)19-42)54-12-5-4-11-26(46)37-15-28(48)39-17-30(50)40-18-29(49)38-16-27(47)36-14-22-9-6-8-21-7-2-3-10-23(21)22/h2-3,6-10,24-25,31-33,42,44-45,51H,4-5,11-19H2,1H3,(H,36,47)(H,37,46)(H,38,49)(H,39,48)(H,40,50)(H,41,43)(H,52,53)/t24?,25-,31?,32+,33?,35?/m1/s1. The van der Waals surface area contributed by atoms with Gasteiger partial charge in [0.15, 0.2) is 0 Å². The summed E-state index contributed by atoms with van der Waals surface area (Å²) in [4.78, 5) is 84.4. The first-order valence-electron chi connectivity index (χ1n) is 17.4. The number of nitrogens with one attached hydrogen (secondary N) is 6. The number of ether oxygens (including phenoxy) is 2. The van der Waals surface area contributed by atoms with Gasteiger partial charge in [-0.25, -0.2) is 4.79 Å². The summed E-state index contributed by atoms with van der Waals surface area (Å²) >= 11 is 0. The number of fused-ring (bicyclic) bond motifs is 1. The first-order chi connectivity index (χ1) is 26.1. The van der Waals surface area contributed by atoms with Crippen LogP contribution in [0.1, 0.15) is 38.2 Å². The van der Waals surface area contributed by atoms with E-state index in [2.05, 4.69) is 31.9 Å². The van der Waals surface area contributed by atoms with Gasteiger partial charge in [-0.15, -0.1) is 0 Å². The third-order valence-corrected chi connectivity index (χ3v) is 8.46. The zero-order chi connectivity index (χ0) is 40.5. The fourth-order valence-electron chi connectivity index (χ4n) is 5.60. The molecule has 11 N–H and O–H groups in total. The van der Waals surface area contributed by atoms with E-state index in [1.807, 2.05) is 42.5 Å². The van der Waals surface area contributed by atoms with Gasteiger partial charge in [0.2, 0.25) is 35.4 Å². The summed E-state index contributed by atoms with van der Waals surface area (Å²) in [6.45, 7) is -1.56. The van der Waals surface area contributed by atoms with Crippen LogP contribution in [0, 0.1) is 0 Å². The number of benzene rings is 2. The van der Waals surface area contributed by atoms with Crippen molar-refractivity contribution in [3.05, 3.63) is 48.0 Å². The van der Waals surface area contributed by atoms with E-state index in [4.69, 9.17) is 9.47 Å². The number of unbranched alkanes of at least 4 members (excludes halogenated alkanes) is 1. The lowest BCUT2D eigenvalue weighted by Crippen LogP contribution is -2.67. The monoisotopic (exact) mass is 776 g/mol. The van der Waals surface area contributed by atoms with E-state index in [0.29, 0.717) is 0 Å². The number of hydrogen-bond donors (Lipinski definition) is 11. The van der Waals surface area contributed by atoms with E-state index in [-0.39, 0.29) is 39.0 Å². The van der Waals surface area contributed by atoms with Gasteiger partial charge in [-0.1, -0.05) is 42.5 Å². The van der Waals surface area contributed by atoms with Crippen LogP contribution in [0.2, 0.25) is 0 Å². The van der Waals surface area contributed by atoms with E-state index in [9.17, 15) is 59.1 Å². The molecule has 55 heavy (non-hydrogen) atoms. The Morgan fingerprint density at radius 3 is 1.96 bits per heavy atom. The highest BCUT2D eigenvalue weighted by atomic mass is 16.7. The number of hydrogen-bond acceptors (Lipinski definition) is 13. The number of carboxylic acid groups (broad SMARTS) is 1. The largest absolute Gasteiger partial charge is 0.477 e. The van der Waals surface area contributed by atoms with Crippen molar-refractivity contribution in [2.45, 2.75) is 75.4 Å². The predicted octanol–water partition coefficient (Wildman–Crippen LogP) is -3.74. The number of carbonyl (C=O) groups excluding carboxylic acids is 6. The van der Waals surface area contributed by atoms with E-state index < -0.39 is 110 Å². The molecule has 1 aliphatic heterocycles. The SMILES string of the molecule is CC(=O)NC1C(O)CC(OCCCCC(=O)NCC(=O)NCC(=O)NCC(=O)NCC(=O)NCc2cccc3ccccc23)(C(=O)O)OC1[C@@H](O)[C@H](O)CO. The summed E-state index contributed by atoms with van der Waals surface area (Å²) in [5.41, 5.74) is 0.913. The Morgan fingerprint density at radius 2 is 1.38 bits per heavy atom. The Kier molecular flexibility index (Phi) is 17.3. The molecule has 4 unspecified atom stereocenters. The number of carbonyl (C=O) groups is 7. The molecule has 1 aliphatic rings. The first kappa shape index (κ1) is 44.1. The van der Waals surface area contributed by atoms with Crippen LogP contribution in [-0.4, -0.2) is 143 Å². The molecule has 1 fully saturated rings. The Bertz CT molecular complexity index is 1670. The minimum absolute atomic E-state index is 0.106. The molecule has 2 aromatic rings. The molecule has 0 radical (unpaired) electrons. The summed E-state index contributed by atoms with van der Waals surface area (Å²) in [6, 6.07) is 12.1. The maximum absolute atomic E-state index is 12.2. The van der Waals surface area contributed by atoms with Crippen molar-refractivity contribution in [3.8, 4) is 0 Å². The molecule has 6 atom stereocenters. The fourth-order valence-corrected chi connectivity index (χ4v) is 5.60. The van der Waals surface area contributed by atoms with Crippen LogP contribution in [0.15, 0.2) is 42.5 Å². The van der Waals surface area contributed by atoms with Crippen molar-refractivity contribution in [3.63, 3.8) is 0 Å². The van der Waals surface area contributed by atoms with E-state index >= 15 is 0 Å². The van der Waals surface area contributed by atoms with Crippen LogP contribution in [0.3, 0.4) is 0 Å². The Labute approximate surface area is 315 Å². The predicted molar refractivity (Wildman–Crippen MR) is 190 cm³/mol. The molecule has 0 aromatic heterocycles. The van der Waals surface area contributed by atoms with Crippen molar-refractivity contribution >= 4 is 52.2 Å². The van der Waals surface area contributed by atoms with Gasteiger partial charge in [0.05, 0.1) is 51.5 Å². The van der Waals surface area contributed by atoms with Crippen LogP contribution in [-0.2, 0) is 49.6 Å². The molecule has 20 heteroatoms. The lowest BCUT2D eigenvalue weighted by atomic mass is 9.88. The van der Waals surface area contributed by atoms with Crippen molar-refractivity contribution in [1.29, 1.82) is 0 Å². The third-order valence-electron chi connectivity index (χ3n) is 8.46. The molecule has 6 amide bonds. The van der Waals surface area contributed by atoms with Crippen LogP contribution in [0.25, 0.3) is 10.8 Å². The molecule has 0 spiro atoms. The van der Waals surface area contributed by atoms with Crippen LogP contribution in [0.4, 0.5) is 0 Å². The van der Waals surface area contributed by atoms with E-state index in [0.717, 1.165) is 23.3 Å². The molecular formula is C35H48N6O14. The van der Waals surface area contributed by atoms with Gasteiger partial charge in [-0.2, -0.15) is 0 Å². The van der Waals surface area contributed by atoms with Crippen LogP contribution < -0.4 is 31.9 Å². The second-order valence-corrected chi connectivity index (χ2v) is 12.7. The molecule has 302 valence electrons.